The average Bonchev–Trinajstić information content (AvgIpc) is 2.97. The number of hydrogen-bond donors (Lipinski definition) is 1. The third-order valence-electron chi connectivity index (χ3n) is 4.94. The minimum absolute atomic E-state index is 0.129. The summed E-state index contributed by atoms with van der Waals surface area (Å²) in [7, 11) is 0. The fourth-order valence-corrected chi connectivity index (χ4v) is 4.92. The summed E-state index contributed by atoms with van der Waals surface area (Å²) >= 11 is 1.87. The van der Waals surface area contributed by atoms with Gasteiger partial charge in [0.2, 0.25) is 0 Å². The highest BCUT2D eigenvalue weighted by Gasteiger charge is 2.49. The molecule has 1 atom stereocenters. The Kier molecular flexibility index (Phi) is 4.16. The first-order valence-corrected chi connectivity index (χ1v) is 8.97. The predicted octanol–water partition coefficient (Wildman–Crippen LogP) is 3.19. The maximum atomic E-state index is 5.01. The van der Waals surface area contributed by atoms with E-state index in [1.54, 1.807) is 0 Å². The highest BCUT2D eigenvalue weighted by Crippen LogP contribution is 2.43. The first-order chi connectivity index (χ1) is 9.65. The molecule has 3 fully saturated rings. The zero-order valence-corrected chi connectivity index (χ0v) is 13.8. The molecule has 0 aliphatic carbocycles. The molecule has 4 rings (SSSR count). The van der Waals surface area contributed by atoms with E-state index in [0.29, 0.717) is 5.92 Å². The zero-order valence-electron chi connectivity index (χ0n) is 13.0. The summed E-state index contributed by atoms with van der Waals surface area (Å²) in [6.07, 6.45) is 3.84. The Balaban J connectivity index is 1.92. The minimum Gasteiger partial charge on any atom is -0.304 e. The van der Waals surface area contributed by atoms with Crippen molar-refractivity contribution in [1.82, 2.24) is 15.2 Å². The Morgan fingerprint density at radius 3 is 2.70 bits per heavy atom. The second kappa shape index (κ2) is 5.74. The van der Waals surface area contributed by atoms with Crippen molar-refractivity contribution in [3.63, 3.8) is 0 Å². The highest BCUT2D eigenvalue weighted by atomic mass is 32.1. The van der Waals surface area contributed by atoms with Gasteiger partial charge in [-0.2, -0.15) is 0 Å². The Labute approximate surface area is 126 Å². The van der Waals surface area contributed by atoms with Crippen LogP contribution in [0, 0.1) is 5.92 Å². The Hall–Kier alpha value is -0.450. The fourth-order valence-electron chi connectivity index (χ4n) is 3.69. The number of rotatable bonds is 5. The van der Waals surface area contributed by atoms with Gasteiger partial charge in [-0.1, -0.05) is 20.8 Å². The van der Waals surface area contributed by atoms with Crippen molar-refractivity contribution >= 4 is 11.3 Å². The molecule has 3 nitrogen and oxygen atoms in total. The SMILES string of the molecule is CCCNC1(c2nc(C(C)C)cs2)CN2CCC1CC2. The molecular formula is C16H27N3S. The highest BCUT2D eigenvalue weighted by molar-refractivity contribution is 7.09. The summed E-state index contributed by atoms with van der Waals surface area (Å²) in [6, 6.07) is 0. The number of thiazole rings is 1. The van der Waals surface area contributed by atoms with Gasteiger partial charge in [0, 0.05) is 11.9 Å². The van der Waals surface area contributed by atoms with Gasteiger partial charge in [0.25, 0.3) is 0 Å². The van der Waals surface area contributed by atoms with Crippen molar-refractivity contribution in [2.24, 2.45) is 5.92 Å². The lowest BCUT2D eigenvalue weighted by Gasteiger charge is -2.52. The van der Waals surface area contributed by atoms with Gasteiger partial charge in [-0.3, -0.25) is 0 Å². The number of piperidine rings is 3. The molecule has 3 aliphatic heterocycles. The quantitative estimate of drug-likeness (QED) is 0.903. The van der Waals surface area contributed by atoms with Gasteiger partial charge in [-0.25, -0.2) is 4.98 Å². The molecule has 3 saturated heterocycles. The summed E-state index contributed by atoms with van der Waals surface area (Å²) in [4.78, 5) is 7.63. The smallest absolute Gasteiger partial charge is 0.115 e. The van der Waals surface area contributed by atoms with E-state index in [1.807, 2.05) is 11.3 Å². The van der Waals surface area contributed by atoms with Crippen LogP contribution in [-0.2, 0) is 5.54 Å². The lowest BCUT2D eigenvalue weighted by molar-refractivity contribution is 0.00312. The molecule has 0 amide bonds. The normalized spacial score (nSPS) is 33.0. The van der Waals surface area contributed by atoms with Crippen molar-refractivity contribution in [3.8, 4) is 0 Å². The van der Waals surface area contributed by atoms with Crippen molar-refractivity contribution in [3.05, 3.63) is 16.1 Å². The molecule has 0 aromatic carbocycles. The lowest BCUT2D eigenvalue weighted by atomic mass is 9.73. The van der Waals surface area contributed by atoms with Crippen LogP contribution in [0.1, 0.15) is 56.7 Å². The van der Waals surface area contributed by atoms with Crippen LogP contribution < -0.4 is 5.32 Å². The van der Waals surface area contributed by atoms with Crippen molar-refractivity contribution in [2.45, 2.75) is 51.5 Å². The molecule has 1 N–H and O–H groups in total. The molecule has 3 aliphatic rings. The van der Waals surface area contributed by atoms with Crippen LogP contribution >= 0.6 is 11.3 Å². The van der Waals surface area contributed by atoms with Gasteiger partial charge in [0.05, 0.1) is 11.2 Å². The van der Waals surface area contributed by atoms with Gasteiger partial charge in [-0.05, 0) is 50.7 Å². The third kappa shape index (κ3) is 2.42. The fraction of sp³-hybridized carbons (Fsp3) is 0.812. The van der Waals surface area contributed by atoms with Crippen LogP contribution in [0.3, 0.4) is 0 Å². The first kappa shape index (κ1) is 14.5. The Morgan fingerprint density at radius 1 is 1.45 bits per heavy atom. The van der Waals surface area contributed by atoms with Crippen LogP contribution in [0.4, 0.5) is 0 Å². The maximum Gasteiger partial charge on any atom is 0.115 e. The van der Waals surface area contributed by atoms with E-state index in [4.69, 9.17) is 4.98 Å². The molecular weight excluding hydrogens is 266 g/mol. The van der Waals surface area contributed by atoms with Gasteiger partial charge in [0.15, 0.2) is 0 Å². The van der Waals surface area contributed by atoms with E-state index in [9.17, 15) is 0 Å². The third-order valence-corrected chi connectivity index (χ3v) is 5.98. The largest absolute Gasteiger partial charge is 0.304 e. The van der Waals surface area contributed by atoms with E-state index in [1.165, 1.54) is 43.1 Å². The number of nitrogens with one attached hydrogen (secondary N) is 1. The second-order valence-corrected chi connectivity index (χ2v) is 7.54. The Bertz CT molecular complexity index is 448. The molecule has 112 valence electrons. The molecule has 1 unspecified atom stereocenters. The second-order valence-electron chi connectivity index (χ2n) is 6.68. The molecule has 2 bridgehead atoms. The van der Waals surface area contributed by atoms with Gasteiger partial charge < -0.3 is 10.2 Å². The molecule has 20 heavy (non-hydrogen) atoms. The van der Waals surface area contributed by atoms with E-state index in [2.05, 4.69) is 36.4 Å². The zero-order chi connectivity index (χ0) is 14.2. The lowest BCUT2D eigenvalue weighted by Crippen LogP contribution is -2.63. The average molecular weight is 293 g/mol. The van der Waals surface area contributed by atoms with Crippen molar-refractivity contribution in [1.29, 1.82) is 0 Å². The van der Waals surface area contributed by atoms with E-state index < -0.39 is 0 Å². The first-order valence-electron chi connectivity index (χ1n) is 8.09. The molecule has 4 heteroatoms. The van der Waals surface area contributed by atoms with E-state index in [-0.39, 0.29) is 5.54 Å². The van der Waals surface area contributed by atoms with Gasteiger partial charge in [-0.15, -0.1) is 11.3 Å². The molecule has 0 saturated carbocycles. The summed E-state index contributed by atoms with van der Waals surface area (Å²) < 4.78 is 0. The van der Waals surface area contributed by atoms with Crippen molar-refractivity contribution in [2.75, 3.05) is 26.2 Å². The molecule has 4 heterocycles. The monoisotopic (exact) mass is 293 g/mol. The number of aromatic nitrogens is 1. The molecule has 0 radical (unpaired) electrons. The molecule has 0 spiro atoms. The van der Waals surface area contributed by atoms with Crippen LogP contribution in [0.2, 0.25) is 0 Å². The number of hydrogen-bond acceptors (Lipinski definition) is 4. The van der Waals surface area contributed by atoms with Crippen LogP contribution in [-0.4, -0.2) is 36.1 Å². The summed E-state index contributed by atoms with van der Waals surface area (Å²) in [5.74, 6) is 1.30. The number of nitrogens with zero attached hydrogens (tertiary/aromatic N) is 2. The van der Waals surface area contributed by atoms with Crippen LogP contribution in [0.25, 0.3) is 0 Å². The maximum absolute atomic E-state index is 5.01. The van der Waals surface area contributed by atoms with Gasteiger partial charge >= 0.3 is 0 Å². The predicted molar refractivity (Wildman–Crippen MR) is 85.3 cm³/mol. The van der Waals surface area contributed by atoms with Gasteiger partial charge in [0.1, 0.15) is 5.01 Å². The number of fused-ring (bicyclic) bond motifs is 3. The molecule has 1 aromatic rings. The minimum atomic E-state index is 0.129. The van der Waals surface area contributed by atoms with E-state index >= 15 is 0 Å². The Morgan fingerprint density at radius 2 is 2.20 bits per heavy atom. The topological polar surface area (TPSA) is 28.2 Å². The summed E-state index contributed by atoms with van der Waals surface area (Å²) in [5.41, 5.74) is 1.39. The van der Waals surface area contributed by atoms with Crippen LogP contribution in [0.5, 0.6) is 0 Å². The van der Waals surface area contributed by atoms with E-state index in [0.717, 1.165) is 19.0 Å². The standard InChI is InChI=1S/C16H27N3S/c1-4-7-17-16(11-19-8-5-13(16)6-9-19)15-18-14(10-20-15)12(2)3/h10,12-13,17H,4-9,11H2,1-3H3. The van der Waals surface area contributed by atoms with Crippen LogP contribution in [0.15, 0.2) is 5.38 Å². The summed E-state index contributed by atoms with van der Waals surface area (Å²) in [6.45, 7) is 11.5. The van der Waals surface area contributed by atoms with Crippen molar-refractivity contribution < 1.29 is 0 Å². The summed E-state index contributed by atoms with van der Waals surface area (Å²) in [5, 5.41) is 7.50. The molecule has 1 aromatic heterocycles.